The largest absolute Gasteiger partial charge is 0.489 e. The standard InChI is InChI=1S/C36H31ClN4O3/c1-24-31(35(42)41(36(43)32(24)21-38)29-15-6-3-7-16-29)20-27-22-40(28-13-4-2-5-14-28)39-34(27)25-12-10-17-30(19-25)44-23-26-11-8-9-18-33(26)37/h2,4-5,8-14,17-20,22,29H,3,6-7,15-16,23H2,1H3/b31-20+. The Hall–Kier alpha value is -4.93. The van der Waals surface area contributed by atoms with Gasteiger partial charge in [0.25, 0.3) is 11.8 Å². The number of aromatic nitrogens is 2. The van der Waals surface area contributed by atoms with Crippen molar-refractivity contribution in [3.63, 3.8) is 0 Å². The van der Waals surface area contributed by atoms with Crippen molar-refractivity contribution in [2.24, 2.45) is 0 Å². The van der Waals surface area contributed by atoms with Gasteiger partial charge in [0.2, 0.25) is 0 Å². The molecule has 0 saturated heterocycles. The summed E-state index contributed by atoms with van der Waals surface area (Å²) in [6.07, 6.45) is 8.11. The van der Waals surface area contributed by atoms with Gasteiger partial charge in [0.05, 0.1) is 5.69 Å². The Morgan fingerprint density at radius 2 is 1.73 bits per heavy atom. The smallest absolute Gasteiger partial charge is 0.271 e. The minimum atomic E-state index is -0.498. The SMILES string of the molecule is CC1=C(C#N)C(=O)N(C2CCCCC2)C(=O)/C1=C/c1cn(-c2ccccc2)nc1-c1cccc(OCc2ccccc2Cl)c1. The first-order chi connectivity index (χ1) is 21.4. The molecule has 2 aliphatic rings. The number of carbonyl (C=O) groups is 2. The summed E-state index contributed by atoms with van der Waals surface area (Å²) >= 11 is 6.33. The average molecular weight is 603 g/mol. The van der Waals surface area contributed by atoms with Crippen LogP contribution in [-0.2, 0) is 16.2 Å². The van der Waals surface area contributed by atoms with Crippen molar-refractivity contribution in [2.75, 3.05) is 0 Å². The Labute approximate surface area is 261 Å². The van der Waals surface area contributed by atoms with Crippen molar-refractivity contribution >= 4 is 29.5 Å². The summed E-state index contributed by atoms with van der Waals surface area (Å²) in [5.41, 5.74) is 4.53. The van der Waals surface area contributed by atoms with E-state index >= 15 is 0 Å². The van der Waals surface area contributed by atoms with Gasteiger partial charge >= 0.3 is 0 Å². The fourth-order valence-electron chi connectivity index (χ4n) is 5.87. The van der Waals surface area contributed by atoms with Gasteiger partial charge in [-0.2, -0.15) is 10.4 Å². The van der Waals surface area contributed by atoms with Gasteiger partial charge in [-0.05, 0) is 61.7 Å². The molecule has 0 N–H and O–H groups in total. The van der Waals surface area contributed by atoms with E-state index in [-0.39, 0.29) is 17.5 Å². The van der Waals surface area contributed by atoms with Crippen LogP contribution in [0.4, 0.5) is 0 Å². The Kier molecular flexibility index (Phi) is 8.44. The fraction of sp³-hybridized carbons (Fsp3) is 0.222. The lowest BCUT2D eigenvalue weighted by Gasteiger charge is -2.36. The molecule has 220 valence electrons. The molecular formula is C36H31ClN4O3. The Balaban J connectivity index is 1.43. The van der Waals surface area contributed by atoms with Crippen molar-refractivity contribution < 1.29 is 14.3 Å². The van der Waals surface area contributed by atoms with Crippen LogP contribution in [0.1, 0.15) is 50.2 Å². The molecule has 7 nitrogen and oxygen atoms in total. The van der Waals surface area contributed by atoms with Gasteiger partial charge in [-0.25, -0.2) is 4.68 Å². The monoisotopic (exact) mass is 602 g/mol. The average Bonchev–Trinajstić information content (AvgIpc) is 3.48. The van der Waals surface area contributed by atoms with Crippen LogP contribution in [0, 0.1) is 11.3 Å². The van der Waals surface area contributed by atoms with E-state index in [4.69, 9.17) is 21.4 Å². The number of halogens is 1. The van der Waals surface area contributed by atoms with Crippen LogP contribution >= 0.6 is 11.6 Å². The number of rotatable bonds is 7. The summed E-state index contributed by atoms with van der Waals surface area (Å²) in [5, 5.41) is 15.5. The van der Waals surface area contributed by atoms with E-state index in [1.54, 1.807) is 17.7 Å². The first kappa shape index (κ1) is 29.2. The second-order valence-electron chi connectivity index (χ2n) is 11.1. The van der Waals surface area contributed by atoms with Crippen molar-refractivity contribution in [1.82, 2.24) is 14.7 Å². The van der Waals surface area contributed by atoms with E-state index in [9.17, 15) is 14.9 Å². The molecular weight excluding hydrogens is 572 g/mol. The third-order valence-corrected chi connectivity index (χ3v) is 8.60. The van der Waals surface area contributed by atoms with Crippen molar-refractivity contribution in [3.8, 4) is 28.8 Å². The van der Waals surface area contributed by atoms with Crippen molar-refractivity contribution in [2.45, 2.75) is 51.7 Å². The molecule has 0 spiro atoms. The number of benzene rings is 3. The Morgan fingerprint density at radius 1 is 0.977 bits per heavy atom. The highest BCUT2D eigenvalue weighted by Crippen LogP contribution is 2.35. The molecule has 0 atom stereocenters. The third kappa shape index (κ3) is 5.82. The van der Waals surface area contributed by atoms with Gasteiger partial charge in [0.15, 0.2) is 0 Å². The summed E-state index contributed by atoms with van der Waals surface area (Å²) in [7, 11) is 0. The highest BCUT2D eigenvalue weighted by atomic mass is 35.5. The summed E-state index contributed by atoms with van der Waals surface area (Å²) in [6.45, 7) is 1.97. The van der Waals surface area contributed by atoms with Crippen molar-refractivity contribution in [1.29, 1.82) is 5.26 Å². The lowest BCUT2D eigenvalue weighted by molar-refractivity contribution is -0.143. The van der Waals surface area contributed by atoms with Crippen LogP contribution in [0.2, 0.25) is 5.02 Å². The molecule has 1 aromatic heterocycles. The minimum Gasteiger partial charge on any atom is -0.489 e. The van der Waals surface area contributed by atoms with Crippen LogP contribution in [0.25, 0.3) is 23.0 Å². The van der Waals surface area contributed by atoms with E-state index in [1.165, 1.54) is 4.90 Å². The number of imide groups is 1. The van der Waals surface area contributed by atoms with E-state index in [0.29, 0.717) is 39.8 Å². The first-order valence-corrected chi connectivity index (χ1v) is 15.1. The summed E-state index contributed by atoms with van der Waals surface area (Å²) in [4.78, 5) is 28.6. The number of hydrogen-bond acceptors (Lipinski definition) is 5. The van der Waals surface area contributed by atoms with Gasteiger partial charge in [0, 0.05) is 39.5 Å². The predicted octanol–water partition coefficient (Wildman–Crippen LogP) is 7.70. The number of nitrogens with zero attached hydrogens (tertiary/aromatic N) is 4. The van der Waals surface area contributed by atoms with Crippen LogP contribution in [0.5, 0.6) is 5.75 Å². The van der Waals surface area contributed by atoms with Crippen LogP contribution < -0.4 is 4.74 Å². The third-order valence-electron chi connectivity index (χ3n) is 8.24. The fourth-order valence-corrected chi connectivity index (χ4v) is 6.06. The molecule has 4 aromatic rings. The molecule has 2 heterocycles. The summed E-state index contributed by atoms with van der Waals surface area (Å²) in [5.74, 6) is -0.225. The van der Waals surface area contributed by atoms with E-state index < -0.39 is 5.91 Å². The number of nitriles is 1. The van der Waals surface area contributed by atoms with E-state index in [2.05, 4.69) is 6.07 Å². The maximum absolute atomic E-state index is 14.0. The summed E-state index contributed by atoms with van der Waals surface area (Å²) in [6, 6.07) is 26.7. The van der Waals surface area contributed by atoms with E-state index in [0.717, 1.165) is 48.9 Å². The molecule has 0 bridgehead atoms. The molecule has 1 aliphatic carbocycles. The lowest BCUT2D eigenvalue weighted by atomic mass is 9.88. The second kappa shape index (κ2) is 12.7. The number of para-hydroxylation sites is 1. The van der Waals surface area contributed by atoms with Crippen molar-refractivity contribution in [3.05, 3.63) is 118 Å². The van der Waals surface area contributed by atoms with Gasteiger partial charge in [-0.3, -0.25) is 14.5 Å². The zero-order chi connectivity index (χ0) is 30.6. The van der Waals surface area contributed by atoms with Crippen LogP contribution in [-0.4, -0.2) is 32.5 Å². The quantitative estimate of drug-likeness (QED) is 0.160. The highest BCUT2D eigenvalue weighted by molar-refractivity contribution is 6.31. The first-order valence-electron chi connectivity index (χ1n) is 14.8. The van der Waals surface area contributed by atoms with Gasteiger partial charge in [0.1, 0.15) is 29.7 Å². The van der Waals surface area contributed by atoms with Gasteiger partial charge in [-0.1, -0.05) is 79.4 Å². The van der Waals surface area contributed by atoms with Gasteiger partial charge < -0.3 is 4.74 Å². The molecule has 1 fully saturated rings. The molecule has 44 heavy (non-hydrogen) atoms. The number of amides is 2. The maximum Gasteiger partial charge on any atom is 0.271 e. The van der Waals surface area contributed by atoms with Crippen LogP contribution in [0.15, 0.2) is 102 Å². The molecule has 0 unspecified atom stereocenters. The molecule has 3 aromatic carbocycles. The molecule has 2 amide bonds. The highest BCUT2D eigenvalue weighted by Gasteiger charge is 2.40. The zero-order valence-electron chi connectivity index (χ0n) is 24.4. The molecule has 0 radical (unpaired) electrons. The summed E-state index contributed by atoms with van der Waals surface area (Å²) < 4.78 is 7.86. The van der Waals surface area contributed by atoms with Gasteiger partial charge in [-0.15, -0.1) is 0 Å². The maximum atomic E-state index is 14.0. The second-order valence-corrected chi connectivity index (χ2v) is 11.5. The van der Waals surface area contributed by atoms with E-state index in [1.807, 2.05) is 85.1 Å². The topological polar surface area (TPSA) is 88.2 Å². The molecule has 6 rings (SSSR count). The predicted molar refractivity (Wildman–Crippen MR) is 170 cm³/mol. The Bertz CT molecular complexity index is 1830. The number of ether oxygens (including phenoxy) is 1. The molecule has 1 saturated carbocycles. The minimum absolute atomic E-state index is 0.00777. The Morgan fingerprint density at radius 3 is 2.48 bits per heavy atom. The number of carbonyl (C=O) groups excluding carboxylic acids is 2. The lowest BCUT2D eigenvalue weighted by Crippen LogP contribution is -2.49. The zero-order valence-corrected chi connectivity index (χ0v) is 25.1. The number of hydrogen-bond donors (Lipinski definition) is 0. The van der Waals surface area contributed by atoms with Crippen LogP contribution in [0.3, 0.4) is 0 Å². The normalized spacial score (nSPS) is 16.8. The molecule has 1 aliphatic heterocycles. The molecule has 8 heteroatoms.